The number of benzene rings is 3. The Hall–Kier alpha value is -3.89. The van der Waals surface area contributed by atoms with E-state index in [1.165, 1.54) is 10.5 Å². The van der Waals surface area contributed by atoms with Crippen LogP contribution in [0, 0.1) is 0 Å². The third-order valence-electron chi connectivity index (χ3n) is 5.76. The SMILES string of the molecule is O=C(N=C1c2ccccc2C[NH+]2C=CC=C[C@H]12)c1ccc(C(=O)c2ccccc2)cc1. The largest absolute Gasteiger partial charge is 0.294 e. The zero-order valence-corrected chi connectivity index (χ0v) is 16.9. The van der Waals surface area contributed by atoms with E-state index >= 15 is 0 Å². The molecule has 2 atom stereocenters. The Morgan fingerprint density at radius 2 is 1.45 bits per heavy atom. The number of fused-ring (bicyclic) bond motifs is 2. The minimum absolute atomic E-state index is 0.0165. The Kier molecular flexibility index (Phi) is 4.98. The van der Waals surface area contributed by atoms with Crippen molar-refractivity contribution in [3.8, 4) is 0 Å². The first-order chi connectivity index (χ1) is 15.2. The molecular formula is C27H21N2O2+. The van der Waals surface area contributed by atoms with E-state index in [-0.39, 0.29) is 17.7 Å². The highest BCUT2D eigenvalue weighted by Gasteiger charge is 2.34. The molecule has 3 aromatic rings. The average molecular weight is 405 g/mol. The topological polar surface area (TPSA) is 50.9 Å². The van der Waals surface area contributed by atoms with Crippen LogP contribution in [0.15, 0.2) is 108 Å². The normalized spacial score (nSPS) is 20.2. The zero-order valence-electron chi connectivity index (χ0n) is 16.9. The van der Waals surface area contributed by atoms with Crippen LogP contribution in [0.5, 0.6) is 0 Å². The first-order valence-corrected chi connectivity index (χ1v) is 10.3. The molecule has 4 heteroatoms. The number of aliphatic imine (C=N–C) groups is 1. The standard InChI is InChI=1S/C27H20N2O2/c30-26(19-8-2-1-3-9-19)20-13-15-21(16-14-20)27(31)28-25-23-11-5-4-10-22(23)18-29-17-7-6-12-24(25)29/h1-17,24H,18H2/p+1/t24-/m1/s1. The van der Waals surface area contributed by atoms with Crippen LogP contribution >= 0.6 is 0 Å². The third kappa shape index (κ3) is 3.69. The number of nitrogens with zero attached hydrogens (tertiary/aromatic N) is 1. The number of allylic oxidation sites excluding steroid dienone is 2. The maximum absolute atomic E-state index is 13.0. The van der Waals surface area contributed by atoms with E-state index in [0.717, 1.165) is 17.8 Å². The molecule has 0 aliphatic carbocycles. The van der Waals surface area contributed by atoms with E-state index in [1.54, 1.807) is 36.4 Å². The van der Waals surface area contributed by atoms with Gasteiger partial charge in [0.05, 0.1) is 6.20 Å². The van der Waals surface area contributed by atoms with Crippen LogP contribution in [0.25, 0.3) is 0 Å². The number of quaternary nitrogens is 1. The van der Waals surface area contributed by atoms with Crippen LogP contribution < -0.4 is 4.90 Å². The van der Waals surface area contributed by atoms with E-state index in [1.807, 2.05) is 48.6 Å². The van der Waals surface area contributed by atoms with Crippen LogP contribution in [0.4, 0.5) is 0 Å². The van der Waals surface area contributed by atoms with Gasteiger partial charge in [0.2, 0.25) is 0 Å². The van der Waals surface area contributed by atoms with Crippen LogP contribution in [-0.2, 0) is 6.54 Å². The summed E-state index contributed by atoms with van der Waals surface area (Å²) in [4.78, 5) is 31.4. The molecule has 150 valence electrons. The molecule has 0 spiro atoms. The van der Waals surface area contributed by atoms with Crippen LogP contribution in [0.1, 0.15) is 37.4 Å². The fourth-order valence-corrected chi connectivity index (χ4v) is 4.15. The fourth-order valence-electron chi connectivity index (χ4n) is 4.15. The van der Waals surface area contributed by atoms with Crippen molar-refractivity contribution in [2.45, 2.75) is 12.6 Å². The molecule has 2 aliphatic rings. The Bertz CT molecular complexity index is 1240. The highest BCUT2D eigenvalue weighted by atomic mass is 16.1. The molecule has 0 radical (unpaired) electrons. The fraction of sp³-hybridized carbons (Fsp3) is 0.0741. The average Bonchev–Trinajstić information content (AvgIpc) is 2.84. The summed E-state index contributed by atoms with van der Waals surface area (Å²) in [5, 5.41) is 0. The van der Waals surface area contributed by atoms with Crippen LogP contribution in [-0.4, -0.2) is 23.4 Å². The zero-order chi connectivity index (χ0) is 21.2. The number of rotatable bonds is 3. The number of amides is 1. The van der Waals surface area contributed by atoms with Gasteiger partial charge < -0.3 is 0 Å². The lowest BCUT2D eigenvalue weighted by molar-refractivity contribution is -0.872. The van der Waals surface area contributed by atoms with E-state index in [4.69, 9.17) is 0 Å². The number of hydrogen-bond donors (Lipinski definition) is 1. The third-order valence-corrected chi connectivity index (χ3v) is 5.76. The predicted molar refractivity (Wildman–Crippen MR) is 120 cm³/mol. The van der Waals surface area contributed by atoms with Crippen molar-refractivity contribution < 1.29 is 14.5 Å². The van der Waals surface area contributed by atoms with Crippen molar-refractivity contribution in [3.63, 3.8) is 0 Å². The second-order valence-corrected chi connectivity index (χ2v) is 7.71. The molecule has 2 heterocycles. The smallest absolute Gasteiger partial charge is 0.277 e. The van der Waals surface area contributed by atoms with E-state index in [2.05, 4.69) is 23.3 Å². The van der Waals surface area contributed by atoms with Gasteiger partial charge in [-0.05, 0) is 24.3 Å². The molecule has 0 saturated heterocycles. The van der Waals surface area contributed by atoms with Crippen molar-refractivity contribution in [3.05, 3.63) is 131 Å². The lowest BCUT2D eigenvalue weighted by Crippen LogP contribution is -3.12. The Labute approximate surface area is 180 Å². The minimum atomic E-state index is -0.298. The molecule has 1 unspecified atom stereocenters. The van der Waals surface area contributed by atoms with Crippen LogP contribution in [0.3, 0.4) is 0 Å². The molecule has 5 rings (SSSR count). The number of hydrogen-bond acceptors (Lipinski definition) is 2. The van der Waals surface area contributed by atoms with Gasteiger partial charge in [-0.25, -0.2) is 4.99 Å². The minimum Gasteiger partial charge on any atom is -0.294 e. The maximum Gasteiger partial charge on any atom is 0.277 e. The Balaban J connectivity index is 1.45. The highest BCUT2D eigenvalue weighted by molar-refractivity contribution is 6.14. The number of carbonyl (C=O) groups is 2. The second-order valence-electron chi connectivity index (χ2n) is 7.71. The second kappa shape index (κ2) is 8.09. The molecule has 0 saturated carbocycles. The summed E-state index contributed by atoms with van der Waals surface area (Å²) in [6.45, 7) is 0.866. The molecule has 0 fully saturated rings. The number of ketones is 1. The van der Waals surface area contributed by atoms with Gasteiger partial charge in [-0.2, -0.15) is 0 Å². The summed E-state index contributed by atoms with van der Waals surface area (Å²) in [5.74, 6) is -0.363. The van der Waals surface area contributed by atoms with Gasteiger partial charge in [-0.1, -0.05) is 72.8 Å². The number of carbonyl (C=O) groups excluding carboxylic acids is 2. The van der Waals surface area contributed by atoms with Gasteiger partial charge in [0.25, 0.3) is 5.91 Å². The molecule has 2 aliphatic heterocycles. The van der Waals surface area contributed by atoms with Gasteiger partial charge in [0.15, 0.2) is 11.8 Å². The van der Waals surface area contributed by atoms with Gasteiger partial charge in [0.1, 0.15) is 12.3 Å². The van der Waals surface area contributed by atoms with E-state index in [0.29, 0.717) is 16.7 Å². The highest BCUT2D eigenvalue weighted by Crippen LogP contribution is 2.18. The van der Waals surface area contributed by atoms with E-state index in [9.17, 15) is 9.59 Å². The predicted octanol–water partition coefficient (Wildman–Crippen LogP) is 3.40. The molecule has 1 amide bonds. The summed E-state index contributed by atoms with van der Waals surface area (Å²) in [7, 11) is 0. The van der Waals surface area contributed by atoms with Gasteiger partial charge in [-0.3, -0.25) is 14.5 Å². The monoisotopic (exact) mass is 405 g/mol. The lowest BCUT2D eigenvalue weighted by Gasteiger charge is -2.31. The number of nitrogens with one attached hydrogen (secondary N) is 1. The molecule has 4 nitrogen and oxygen atoms in total. The molecule has 3 aromatic carbocycles. The van der Waals surface area contributed by atoms with Crippen molar-refractivity contribution in [2.75, 3.05) is 0 Å². The first-order valence-electron chi connectivity index (χ1n) is 10.3. The summed E-state index contributed by atoms with van der Waals surface area (Å²) < 4.78 is 0. The lowest BCUT2D eigenvalue weighted by atomic mass is 9.90. The summed E-state index contributed by atoms with van der Waals surface area (Å²) in [6.07, 6.45) is 8.25. The quantitative estimate of drug-likeness (QED) is 0.679. The van der Waals surface area contributed by atoms with Crippen molar-refractivity contribution in [1.29, 1.82) is 0 Å². The molecule has 0 bridgehead atoms. The van der Waals surface area contributed by atoms with Crippen LogP contribution in [0.2, 0.25) is 0 Å². The Morgan fingerprint density at radius 3 is 2.26 bits per heavy atom. The summed E-state index contributed by atoms with van der Waals surface area (Å²) in [5.41, 5.74) is 4.64. The van der Waals surface area contributed by atoms with Crippen molar-refractivity contribution in [2.24, 2.45) is 4.99 Å². The Morgan fingerprint density at radius 1 is 0.774 bits per heavy atom. The van der Waals surface area contributed by atoms with Crippen molar-refractivity contribution >= 4 is 17.4 Å². The molecular weight excluding hydrogens is 384 g/mol. The molecule has 31 heavy (non-hydrogen) atoms. The molecule has 1 N–H and O–H groups in total. The summed E-state index contributed by atoms with van der Waals surface area (Å²) in [6, 6.07) is 24.0. The van der Waals surface area contributed by atoms with E-state index < -0.39 is 0 Å². The molecule has 0 aromatic heterocycles. The van der Waals surface area contributed by atoms with Gasteiger partial charge in [-0.15, -0.1) is 0 Å². The first kappa shape index (κ1) is 19.1. The summed E-state index contributed by atoms with van der Waals surface area (Å²) >= 11 is 0. The van der Waals surface area contributed by atoms with Crippen molar-refractivity contribution in [1.82, 2.24) is 0 Å². The van der Waals surface area contributed by atoms with Gasteiger partial charge >= 0.3 is 0 Å². The maximum atomic E-state index is 13.0. The van der Waals surface area contributed by atoms with Gasteiger partial charge in [0, 0.05) is 27.8 Å².